The van der Waals surface area contributed by atoms with Crippen LogP contribution in [0.5, 0.6) is 0 Å². The fourth-order valence-corrected chi connectivity index (χ4v) is 11.5. The number of fused-ring (bicyclic) bond motifs is 7. The van der Waals surface area contributed by atoms with Crippen molar-refractivity contribution in [1.82, 2.24) is 0 Å². The molecule has 5 aliphatic rings. The van der Waals surface area contributed by atoms with E-state index in [1.807, 2.05) is 0 Å². The molecule has 182 valence electrons. The minimum Gasteiger partial charge on any atom is -0.396 e. The van der Waals surface area contributed by atoms with Crippen LogP contribution in [0.2, 0.25) is 0 Å². The molecular formula is C30H50O2. The first-order valence-corrected chi connectivity index (χ1v) is 13.8. The van der Waals surface area contributed by atoms with Gasteiger partial charge in [0, 0.05) is 5.41 Å². The Morgan fingerprint density at radius 3 is 2.19 bits per heavy atom. The maximum absolute atomic E-state index is 10.9. The van der Waals surface area contributed by atoms with Crippen LogP contribution in [0.3, 0.4) is 0 Å². The summed E-state index contributed by atoms with van der Waals surface area (Å²) < 4.78 is 0. The Balaban J connectivity index is 1.54. The maximum atomic E-state index is 10.9. The van der Waals surface area contributed by atoms with E-state index in [0.29, 0.717) is 28.1 Å². The number of allylic oxidation sites excluding steroid dienone is 1. The summed E-state index contributed by atoms with van der Waals surface area (Å²) in [5, 5.41) is 21.3. The van der Waals surface area contributed by atoms with Crippen molar-refractivity contribution in [3.63, 3.8) is 0 Å². The van der Waals surface area contributed by atoms with Crippen LogP contribution in [-0.4, -0.2) is 22.9 Å². The molecule has 11 atom stereocenters. The summed E-state index contributed by atoms with van der Waals surface area (Å²) in [6.07, 6.45) is 12.3. The average Bonchev–Trinajstić information content (AvgIpc) is 3.09. The molecule has 0 spiro atoms. The minimum atomic E-state index is -0.355. The van der Waals surface area contributed by atoms with Crippen LogP contribution in [0, 0.1) is 56.7 Å². The molecule has 32 heavy (non-hydrogen) atoms. The van der Waals surface area contributed by atoms with E-state index in [4.69, 9.17) is 0 Å². The molecule has 2 N–H and O–H groups in total. The summed E-state index contributed by atoms with van der Waals surface area (Å²) in [7, 11) is 0. The Bertz CT molecular complexity index is 790. The van der Waals surface area contributed by atoms with Gasteiger partial charge in [-0.2, -0.15) is 0 Å². The number of rotatable bonds is 2. The first kappa shape index (κ1) is 23.4. The molecule has 0 bridgehead atoms. The van der Waals surface area contributed by atoms with E-state index >= 15 is 0 Å². The van der Waals surface area contributed by atoms with Gasteiger partial charge in [-0.1, -0.05) is 46.8 Å². The normalized spacial score (nSPS) is 59.5. The molecule has 2 nitrogen and oxygen atoms in total. The summed E-state index contributed by atoms with van der Waals surface area (Å²) in [5.41, 5.74) is 2.62. The van der Waals surface area contributed by atoms with Crippen LogP contribution in [0.4, 0.5) is 0 Å². The second kappa shape index (κ2) is 7.09. The molecule has 2 heteroatoms. The summed E-state index contributed by atoms with van der Waals surface area (Å²) >= 11 is 0. The van der Waals surface area contributed by atoms with Crippen molar-refractivity contribution in [3.05, 3.63) is 12.2 Å². The Kier molecular flexibility index (Phi) is 5.19. The molecular weight excluding hydrogens is 392 g/mol. The SMILES string of the molecule is C=C(C)[C@@H]1CC[C@]2(C)CC[C@]3(C)[C@H](CC[C@@H]4[C@@]5(C)CC[C@@H](O)[C@](C)(CO)[C@@H]5CC[C@]43C)[C@@H]12. The van der Waals surface area contributed by atoms with Crippen molar-refractivity contribution < 1.29 is 10.2 Å². The molecule has 0 aliphatic heterocycles. The molecule has 0 heterocycles. The first-order chi connectivity index (χ1) is 14.9. The van der Waals surface area contributed by atoms with E-state index in [1.54, 1.807) is 0 Å². The van der Waals surface area contributed by atoms with Crippen LogP contribution >= 0.6 is 0 Å². The first-order valence-electron chi connectivity index (χ1n) is 13.8. The highest BCUT2D eigenvalue weighted by Crippen LogP contribution is 2.77. The molecule has 0 aromatic carbocycles. The van der Waals surface area contributed by atoms with Gasteiger partial charge in [-0.05, 0) is 122 Å². The van der Waals surface area contributed by atoms with Crippen molar-refractivity contribution in [3.8, 4) is 0 Å². The van der Waals surface area contributed by atoms with Crippen LogP contribution in [-0.2, 0) is 0 Å². The predicted molar refractivity (Wildman–Crippen MR) is 132 cm³/mol. The average molecular weight is 443 g/mol. The highest BCUT2D eigenvalue weighted by Gasteiger charge is 2.70. The standard InChI is InChI=1S/C30H50O2/c1-19(2)20-10-13-26(3)16-17-29(6)21(25(20)26)8-9-23-27(4)14-12-24(32)28(5,18-31)22(27)11-15-30(23,29)7/h20-25,31-32H,1,8-18H2,2-7H3/t20-,21+,22+,23+,24+,25+,26+,27-,28+,29+,30+/m0/s1. The Hall–Kier alpha value is -0.340. The lowest BCUT2D eigenvalue weighted by Crippen LogP contribution is -2.67. The number of hydrogen-bond donors (Lipinski definition) is 2. The highest BCUT2D eigenvalue weighted by atomic mass is 16.3. The quantitative estimate of drug-likeness (QED) is 0.452. The van der Waals surface area contributed by atoms with Gasteiger partial charge in [0.05, 0.1) is 12.7 Å². The van der Waals surface area contributed by atoms with Crippen LogP contribution in [0.25, 0.3) is 0 Å². The van der Waals surface area contributed by atoms with Gasteiger partial charge < -0.3 is 10.2 Å². The molecule has 0 aromatic rings. The van der Waals surface area contributed by atoms with E-state index in [-0.39, 0.29) is 23.5 Å². The number of hydrogen-bond acceptors (Lipinski definition) is 2. The van der Waals surface area contributed by atoms with Gasteiger partial charge in [0.15, 0.2) is 0 Å². The molecule has 0 amide bonds. The van der Waals surface area contributed by atoms with E-state index < -0.39 is 0 Å². The van der Waals surface area contributed by atoms with Crippen LogP contribution in [0.1, 0.15) is 106 Å². The highest BCUT2D eigenvalue weighted by molar-refractivity contribution is 5.21. The van der Waals surface area contributed by atoms with E-state index in [1.165, 1.54) is 56.9 Å². The molecule has 5 saturated carbocycles. The Morgan fingerprint density at radius 2 is 1.53 bits per heavy atom. The molecule has 0 saturated heterocycles. The fraction of sp³-hybridized carbons (Fsp3) is 0.933. The summed E-state index contributed by atoms with van der Waals surface area (Å²) in [5.74, 6) is 3.51. The van der Waals surface area contributed by atoms with Gasteiger partial charge in [0.1, 0.15) is 0 Å². The summed E-state index contributed by atoms with van der Waals surface area (Å²) in [4.78, 5) is 0. The van der Waals surface area contributed by atoms with Crippen molar-refractivity contribution in [1.29, 1.82) is 0 Å². The third-order valence-corrected chi connectivity index (χ3v) is 13.6. The zero-order chi connectivity index (χ0) is 23.3. The van der Waals surface area contributed by atoms with Gasteiger partial charge in [0.2, 0.25) is 0 Å². The van der Waals surface area contributed by atoms with Crippen molar-refractivity contribution in [2.45, 2.75) is 112 Å². The third-order valence-electron chi connectivity index (χ3n) is 13.6. The second-order valence-electron chi connectivity index (χ2n) is 14.6. The van der Waals surface area contributed by atoms with Crippen LogP contribution < -0.4 is 0 Å². The zero-order valence-corrected chi connectivity index (χ0v) is 21.8. The summed E-state index contributed by atoms with van der Waals surface area (Å²) in [6.45, 7) is 19.6. The van der Waals surface area contributed by atoms with Gasteiger partial charge in [-0.3, -0.25) is 0 Å². The van der Waals surface area contributed by atoms with Crippen LogP contribution in [0.15, 0.2) is 12.2 Å². The van der Waals surface area contributed by atoms with Gasteiger partial charge in [0.25, 0.3) is 0 Å². The summed E-state index contributed by atoms with van der Waals surface area (Å²) in [6, 6.07) is 0. The van der Waals surface area contributed by atoms with Gasteiger partial charge in [-0.25, -0.2) is 0 Å². The predicted octanol–water partition coefficient (Wildman–Crippen LogP) is 7.00. The molecule has 5 aliphatic carbocycles. The van der Waals surface area contributed by atoms with Crippen molar-refractivity contribution >= 4 is 0 Å². The third kappa shape index (κ3) is 2.66. The van der Waals surface area contributed by atoms with Crippen molar-refractivity contribution in [2.75, 3.05) is 6.61 Å². The fourth-order valence-electron chi connectivity index (χ4n) is 11.5. The maximum Gasteiger partial charge on any atom is 0.0618 e. The Labute approximate surface area is 197 Å². The number of aliphatic hydroxyl groups is 2. The minimum absolute atomic E-state index is 0.123. The van der Waals surface area contributed by atoms with E-state index in [9.17, 15) is 10.2 Å². The monoisotopic (exact) mass is 442 g/mol. The second-order valence-corrected chi connectivity index (χ2v) is 14.6. The lowest BCUT2D eigenvalue weighted by Gasteiger charge is -2.73. The van der Waals surface area contributed by atoms with Gasteiger partial charge >= 0.3 is 0 Å². The lowest BCUT2D eigenvalue weighted by molar-refractivity contribution is -0.253. The number of aliphatic hydroxyl groups excluding tert-OH is 2. The van der Waals surface area contributed by atoms with Crippen molar-refractivity contribution in [2.24, 2.45) is 56.7 Å². The largest absolute Gasteiger partial charge is 0.396 e. The topological polar surface area (TPSA) is 40.5 Å². The molecule has 5 rings (SSSR count). The van der Waals surface area contributed by atoms with Gasteiger partial charge in [-0.15, -0.1) is 0 Å². The Morgan fingerprint density at radius 1 is 0.812 bits per heavy atom. The zero-order valence-electron chi connectivity index (χ0n) is 21.8. The smallest absolute Gasteiger partial charge is 0.0618 e. The van der Waals surface area contributed by atoms with E-state index in [2.05, 4.69) is 48.1 Å². The molecule has 0 aromatic heterocycles. The molecule has 0 radical (unpaired) electrons. The van der Waals surface area contributed by atoms with E-state index in [0.717, 1.165) is 30.6 Å². The molecule has 0 unspecified atom stereocenters. The molecule has 5 fully saturated rings. The lowest BCUT2D eigenvalue weighted by atomic mass is 9.32.